The molecule has 348 valence electrons. The number of halogens is 4. The molecule has 4 heterocycles. The summed E-state index contributed by atoms with van der Waals surface area (Å²) in [6.45, 7) is 16.2. The molecule has 2 fully saturated rings. The summed E-state index contributed by atoms with van der Waals surface area (Å²) in [5, 5.41) is 16.9. The maximum atomic E-state index is 12.8. The lowest BCUT2D eigenvalue weighted by Gasteiger charge is -2.34. The summed E-state index contributed by atoms with van der Waals surface area (Å²) in [5.41, 5.74) is 1.07. The second kappa shape index (κ2) is 22.4. The van der Waals surface area contributed by atoms with Gasteiger partial charge in [-0.1, -0.05) is 59.6 Å². The molecule has 4 aromatic rings. The number of rotatable bonds is 11. The highest BCUT2D eigenvalue weighted by Crippen LogP contribution is 2.30. The number of aromatic carboxylic acids is 1. The number of nitrogens with zero attached hydrogens (tertiary/aromatic N) is 6. The molecule has 0 aliphatic carbocycles. The summed E-state index contributed by atoms with van der Waals surface area (Å²) in [7, 11) is 0. The number of aromatic nitrogens is 4. The number of carbonyl (C=O) groups excluding carboxylic acids is 3. The molecule has 3 N–H and O–H groups in total. The van der Waals surface area contributed by atoms with Gasteiger partial charge in [0.15, 0.2) is 11.4 Å². The largest absolute Gasteiger partial charge is 0.476 e. The second-order valence-electron chi connectivity index (χ2n) is 17.3. The highest BCUT2D eigenvalue weighted by atomic mass is 127. The van der Waals surface area contributed by atoms with Crippen molar-refractivity contribution < 1.29 is 38.5 Å². The predicted molar refractivity (Wildman–Crippen MR) is 263 cm³/mol. The van der Waals surface area contributed by atoms with Crippen LogP contribution in [0.2, 0.25) is 10.0 Å². The molecule has 2 saturated heterocycles. The van der Waals surface area contributed by atoms with Gasteiger partial charge in [0.1, 0.15) is 18.6 Å². The number of carboxylic acid groups (broad SMARTS) is 1. The van der Waals surface area contributed by atoms with Crippen LogP contribution in [-0.2, 0) is 27.3 Å². The van der Waals surface area contributed by atoms with Crippen LogP contribution in [0.15, 0.2) is 48.5 Å². The number of ether oxygens (including phenoxy) is 3. The smallest absolute Gasteiger partial charge is 0.407 e. The third-order valence-corrected chi connectivity index (χ3v) is 12.1. The van der Waals surface area contributed by atoms with Crippen LogP contribution in [0.25, 0.3) is 0 Å². The van der Waals surface area contributed by atoms with Crippen LogP contribution in [0, 0.1) is 7.40 Å². The van der Waals surface area contributed by atoms with Gasteiger partial charge in [-0.05, 0) is 143 Å². The molecule has 64 heavy (non-hydrogen) atoms. The number of hydrogen-bond acceptors (Lipinski definition) is 11. The number of piperidine rings is 2. The molecule has 0 bridgehead atoms. The first kappa shape index (κ1) is 51.0. The number of anilines is 2. The van der Waals surface area contributed by atoms with Gasteiger partial charge < -0.3 is 39.8 Å². The van der Waals surface area contributed by atoms with Crippen molar-refractivity contribution in [3.63, 3.8) is 0 Å². The van der Waals surface area contributed by atoms with Gasteiger partial charge in [0.2, 0.25) is 11.9 Å². The molecule has 0 unspecified atom stereocenters. The second-order valence-corrected chi connectivity index (χ2v) is 20.2. The summed E-state index contributed by atoms with van der Waals surface area (Å²) in [5.74, 6) is -0.265. The molecule has 2 amide bonds. The highest BCUT2D eigenvalue weighted by Gasteiger charge is 2.32. The van der Waals surface area contributed by atoms with E-state index in [2.05, 4.69) is 43.1 Å². The van der Waals surface area contributed by atoms with Crippen LogP contribution >= 0.6 is 68.4 Å². The standard InChI is InChI=1S/C23H30ClIN4O4.C21H26ClIN4O4/c1-5-32-20(30)18-19(25)27-21(29(18)13-15-9-6-7-11-17(15)24)28-12-8-10-16(14-28)26-22(31)33-23(2,3)4;1-21(2,3)31-20(30)24-14-8-6-10-26(12-14)19-25-17(23)16(18(28)29)27(19)11-13-7-4-5-9-15(13)22/h6-7,9,11,16H,5,8,10,12-14H2,1-4H3,(H,26,31);4-5,7,9,14H,6,8,10-12H2,1-3H3,(H,24,30)(H,28,29)/t16-;14-/m11/s1. The van der Waals surface area contributed by atoms with Crippen LogP contribution in [0.5, 0.6) is 0 Å². The third kappa shape index (κ3) is 14.2. The molecule has 2 atom stereocenters. The average Bonchev–Trinajstić information content (AvgIpc) is 3.70. The molecule has 2 aromatic heterocycles. The zero-order chi connectivity index (χ0) is 46.9. The molecular formula is C44H56Cl2I2N8O8. The molecule has 2 aliphatic heterocycles. The Bertz CT molecular complexity index is 2290. The molecule has 0 saturated carbocycles. The topological polar surface area (TPSA) is 182 Å². The Morgan fingerprint density at radius 2 is 1.12 bits per heavy atom. The summed E-state index contributed by atoms with van der Waals surface area (Å²) < 4.78 is 20.6. The van der Waals surface area contributed by atoms with E-state index in [9.17, 15) is 24.3 Å². The van der Waals surface area contributed by atoms with Crippen molar-refractivity contribution in [3.05, 3.63) is 88.5 Å². The third-order valence-electron chi connectivity index (χ3n) is 9.90. The Morgan fingerprint density at radius 1 is 0.719 bits per heavy atom. The zero-order valence-electron chi connectivity index (χ0n) is 37.1. The zero-order valence-corrected chi connectivity index (χ0v) is 42.9. The number of imidazole rings is 2. The van der Waals surface area contributed by atoms with Crippen LogP contribution in [-0.4, -0.2) is 104 Å². The predicted octanol–water partition coefficient (Wildman–Crippen LogP) is 9.24. The van der Waals surface area contributed by atoms with Gasteiger partial charge in [0.25, 0.3) is 0 Å². The number of alkyl carbamates (subject to hydrolysis) is 2. The van der Waals surface area contributed by atoms with E-state index in [0.29, 0.717) is 61.2 Å². The van der Waals surface area contributed by atoms with E-state index in [1.165, 1.54) is 0 Å². The molecule has 20 heteroatoms. The molecule has 2 aliphatic rings. The monoisotopic (exact) mass is 1150 g/mol. The minimum Gasteiger partial charge on any atom is -0.476 e. The van der Waals surface area contributed by atoms with Crippen molar-refractivity contribution >= 4 is 104 Å². The van der Waals surface area contributed by atoms with Gasteiger partial charge in [0, 0.05) is 48.3 Å². The summed E-state index contributed by atoms with van der Waals surface area (Å²) in [4.78, 5) is 62.6. The van der Waals surface area contributed by atoms with Crippen LogP contribution in [0.1, 0.15) is 106 Å². The van der Waals surface area contributed by atoms with Crippen molar-refractivity contribution in [1.82, 2.24) is 29.7 Å². The van der Waals surface area contributed by atoms with E-state index in [4.69, 9.17) is 42.4 Å². The summed E-state index contributed by atoms with van der Waals surface area (Å²) >= 11 is 16.8. The molecule has 0 radical (unpaired) electrons. The molecule has 6 rings (SSSR count). The minimum atomic E-state index is -1.05. The lowest BCUT2D eigenvalue weighted by molar-refractivity contribution is 0.0487. The number of carbonyl (C=O) groups is 4. The minimum absolute atomic E-state index is 0.0947. The lowest BCUT2D eigenvalue weighted by atomic mass is 10.1. The Hall–Kier alpha value is -4.02. The number of esters is 1. The van der Waals surface area contributed by atoms with Gasteiger partial charge >= 0.3 is 24.1 Å². The number of carboxylic acids is 1. The van der Waals surface area contributed by atoms with Crippen molar-refractivity contribution in [2.45, 2.75) is 111 Å². The average molecular weight is 1150 g/mol. The van der Waals surface area contributed by atoms with Crippen molar-refractivity contribution in [2.75, 3.05) is 42.6 Å². The van der Waals surface area contributed by atoms with E-state index in [1.54, 1.807) is 17.6 Å². The van der Waals surface area contributed by atoms with Crippen LogP contribution in [0.3, 0.4) is 0 Å². The van der Waals surface area contributed by atoms with Crippen molar-refractivity contribution in [2.24, 2.45) is 0 Å². The number of amides is 2. The fourth-order valence-corrected chi connectivity index (χ4v) is 9.16. The van der Waals surface area contributed by atoms with E-state index >= 15 is 0 Å². The normalized spacial score (nSPS) is 16.6. The molecular weight excluding hydrogens is 1090 g/mol. The van der Waals surface area contributed by atoms with Gasteiger partial charge in [-0.15, -0.1) is 0 Å². The summed E-state index contributed by atoms with van der Waals surface area (Å²) in [6.07, 6.45) is 2.45. The van der Waals surface area contributed by atoms with Gasteiger partial charge in [0.05, 0.1) is 19.7 Å². The first-order valence-corrected chi connectivity index (χ1v) is 23.9. The van der Waals surface area contributed by atoms with Crippen molar-refractivity contribution in [1.29, 1.82) is 0 Å². The maximum absolute atomic E-state index is 12.8. The van der Waals surface area contributed by atoms with Gasteiger partial charge in [-0.2, -0.15) is 0 Å². The Morgan fingerprint density at radius 3 is 1.52 bits per heavy atom. The maximum Gasteiger partial charge on any atom is 0.407 e. The SMILES string of the molecule is CC(C)(C)OC(=O)N[C@@H]1CCCN(c2nc(I)c(C(=O)O)n2Cc2ccccc2Cl)C1.CCOC(=O)c1c(I)nc(N2CCC[C@@H](NC(=O)OC(C)(C)C)C2)n1Cc1ccccc1Cl. The first-order valence-electron chi connectivity index (χ1n) is 21.0. The molecule has 16 nitrogen and oxygen atoms in total. The van der Waals surface area contributed by atoms with Gasteiger partial charge in [-0.3, -0.25) is 9.13 Å². The Kier molecular flexibility index (Phi) is 17.9. The molecule has 2 aromatic carbocycles. The lowest BCUT2D eigenvalue weighted by Crippen LogP contribution is -2.49. The number of benzene rings is 2. The number of hydrogen-bond donors (Lipinski definition) is 3. The van der Waals surface area contributed by atoms with E-state index in [0.717, 1.165) is 43.4 Å². The highest BCUT2D eigenvalue weighted by molar-refractivity contribution is 14.1. The van der Waals surface area contributed by atoms with Crippen LogP contribution < -0.4 is 20.4 Å². The van der Waals surface area contributed by atoms with Gasteiger partial charge in [-0.25, -0.2) is 29.1 Å². The molecule has 0 spiro atoms. The fraction of sp³-hybridized carbons (Fsp3) is 0.500. The fourth-order valence-electron chi connectivity index (χ4n) is 7.30. The van der Waals surface area contributed by atoms with E-state index in [1.807, 2.05) is 116 Å². The van der Waals surface area contributed by atoms with Crippen molar-refractivity contribution in [3.8, 4) is 0 Å². The first-order chi connectivity index (χ1) is 30.1. The Balaban J connectivity index is 0.000000241. The van der Waals surface area contributed by atoms with E-state index in [-0.39, 0.29) is 30.9 Å². The summed E-state index contributed by atoms with van der Waals surface area (Å²) in [6, 6.07) is 14.7. The van der Waals surface area contributed by atoms with Crippen LogP contribution in [0.4, 0.5) is 21.5 Å². The van der Waals surface area contributed by atoms with E-state index < -0.39 is 35.3 Å². The Labute approximate surface area is 411 Å². The quantitative estimate of drug-likeness (QED) is 0.0737. The number of nitrogens with one attached hydrogen (secondary N) is 2.